The molecule has 0 spiro atoms. The van der Waals surface area contributed by atoms with Crippen LogP contribution in [0.2, 0.25) is 0 Å². The summed E-state index contributed by atoms with van der Waals surface area (Å²) in [5.74, 6) is 0. The molecule has 0 saturated heterocycles. The van der Waals surface area contributed by atoms with Crippen LogP contribution < -0.4 is 0 Å². The lowest BCUT2D eigenvalue weighted by Gasteiger charge is -1.77. The minimum atomic E-state index is -2.62. The quantitative estimate of drug-likeness (QED) is 0.219. The highest BCUT2D eigenvalue weighted by Crippen LogP contribution is 2.26. The van der Waals surface area contributed by atoms with Crippen molar-refractivity contribution in [1.82, 2.24) is 0 Å². The number of thiol groups is 1. The average molecular weight is 180 g/mol. The highest BCUT2D eigenvalue weighted by molar-refractivity contribution is 8.41. The van der Waals surface area contributed by atoms with Gasteiger partial charge in [0.15, 0.2) is 0 Å². The van der Waals surface area contributed by atoms with Crippen molar-refractivity contribution >= 4 is 28.4 Å². The summed E-state index contributed by atoms with van der Waals surface area (Å²) < 4.78 is 0. The molecule has 5 nitrogen and oxygen atoms in total. The molecule has 0 bridgehead atoms. The van der Waals surface area contributed by atoms with E-state index >= 15 is 0 Å². The van der Waals surface area contributed by atoms with Gasteiger partial charge >= 0.3 is 8.60 Å². The van der Waals surface area contributed by atoms with E-state index in [4.69, 9.17) is 24.5 Å². The fourth-order valence-electron chi connectivity index (χ4n) is 0. The molecule has 0 heterocycles. The standard InChI is InChI=1S/H3O3P.H3O2PS/c1-4(2)3;1-3(2)4/h1-3H;1-2,4H. The van der Waals surface area contributed by atoms with Crippen LogP contribution in [0.15, 0.2) is 0 Å². The molecule has 0 amide bonds. The van der Waals surface area contributed by atoms with Crippen molar-refractivity contribution in [2.45, 2.75) is 0 Å². The van der Waals surface area contributed by atoms with Crippen LogP contribution in [-0.4, -0.2) is 24.5 Å². The molecule has 0 rings (SSSR count). The summed E-state index contributed by atoms with van der Waals surface area (Å²) in [5, 5.41) is 0. The molecule has 8 heavy (non-hydrogen) atoms. The molecule has 8 heteroatoms. The highest BCUT2D eigenvalue weighted by Gasteiger charge is 1.76. The van der Waals surface area contributed by atoms with E-state index in [2.05, 4.69) is 12.2 Å². The summed E-state index contributed by atoms with van der Waals surface area (Å²) in [7, 11) is -4.55. The van der Waals surface area contributed by atoms with Crippen LogP contribution in [0.5, 0.6) is 0 Å². The largest absolute Gasteiger partial charge is 0.342 e. The first-order valence-corrected chi connectivity index (χ1v) is 4.80. The number of hydrogen-bond acceptors (Lipinski definition) is 6. The molecule has 0 aromatic carbocycles. The first-order valence-electron chi connectivity index (χ1n) is 1.20. The van der Waals surface area contributed by atoms with Crippen LogP contribution in [0.3, 0.4) is 0 Å². The predicted molar refractivity (Wildman–Crippen MR) is 33.9 cm³/mol. The summed E-state index contributed by atoms with van der Waals surface area (Å²) in [6.45, 7) is 0. The van der Waals surface area contributed by atoms with Crippen molar-refractivity contribution in [2.24, 2.45) is 0 Å². The molecule has 0 radical (unpaired) electrons. The topological polar surface area (TPSA) is 101 Å². The van der Waals surface area contributed by atoms with Gasteiger partial charge in [0.2, 0.25) is 7.58 Å². The zero-order valence-electron chi connectivity index (χ0n) is 3.58. The fraction of sp³-hybridized carbons (Fsp3) is 0. The minimum Gasteiger partial charge on any atom is -0.342 e. The molecule has 0 aromatic heterocycles. The van der Waals surface area contributed by atoms with Crippen molar-refractivity contribution in [3.63, 3.8) is 0 Å². The van der Waals surface area contributed by atoms with Crippen molar-refractivity contribution in [3.05, 3.63) is 0 Å². The van der Waals surface area contributed by atoms with Crippen molar-refractivity contribution in [2.75, 3.05) is 0 Å². The third kappa shape index (κ3) is 248. The van der Waals surface area contributed by atoms with E-state index in [0.717, 1.165) is 0 Å². The summed E-state index contributed by atoms with van der Waals surface area (Å²) in [4.78, 5) is 36.8. The lowest BCUT2D eigenvalue weighted by atomic mass is 15.8. The van der Waals surface area contributed by atoms with Gasteiger partial charge in [0.1, 0.15) is 0 Å². The monoisotopic (exact) mass is 180 g/mol. The minimum absolute atomic E-state index is 1.93. The van der Waals surface area contributed by atoms with Crippen molar-refractivity contribution in [3.8, 4) is 0 Å². The van der Waals surface area contributed by atoms with Crippen LogP contribution in [0.1, 0.15) is 0 Å². The van der Waals surface area contributed by atoms with E-state index < -0.39 is 16.2 Å². The van der Waals surface area contributed by atoms with Gasteiger partial charge in [0, 0.05) is 0 Å². The molecule has 0 aliphatic rings. The Morgan fingerprint density at radius 3 is 0.875 bits per heavy atom. The molecule has 0 aliphatic carbocycles. The Bertz CT molecular complexity index is 25.9. The maximum atomic E-state index is 7.54. The summed E-state index contributed by atoms with van der Waals surface area (Å²) in [6.07, 6.45) is 0. The Hall–Kier alpha value is 1.01. The molecule has 52 valence electrons. The molecule has 0 unspecified atom stereocenters. The molecule has 0 aromatic rings. The lowest BCUT2D eigenvalue weighted by molar-refractivity contribution is 0.368. The third-order valence-corrected chi connectivity index (χ3v) is 0. The van der Waals surface area contributed by atoms with Gasteiger partial charge in [0.25, 0.3) is 0 Å². The van der Waals surface area contributed by atoms with E-state index in [1.165, 1.54) is 0 Å². The summed E-state index contributed by atoms with van der Waals surface area (Å²) >= 11 is 3.14. The Kier molecular flexibility index (Phi) is 11.8. The molecule has 5 N–H and O–H groups in total. The van der Waals surface area contributed by atoms with Crippen molar-refractivity contribution < 1.29 is 24.5 Å². The normalized spacial score (nSPS) is 9.00. The Labute approximate surface area is 53.7 Å². The molecule has 0 aliphatic heterocycles. The van der Waals surface area contributed by atoms with Gasteiger partial charge in [0.05, 0.1) is 0 Å². The van der Waals surface area contributed by atoms with E-state index in [1.54, 1.807) is 0 Å². The maximum absolute atomic E-state index is 7.54. The number of hydrogen-bond donors (Lipinski definition) is 6. The average Bonchev–Trinajstić information content (AvgIpc) is 1.25. The number of rotatable bonds is 0. The second kappa shape index (κ2) is 8.01. The molecule has 0 saturated carbocycles. The summed E-state index contributed by atoms with van der Waals surface area (Å²) in [5.41, 5.74) is 0. The van der Waals surface area contributed by atoms with Crippen LogP contribution in [0, 0.1) is 0 Å². The van der Waals surface area contributed by atoms with Crippen LogP contribution in [-0.2, 0) is 0 Å². The molecule has 0 fully saturated rings. The molecular formula is H6O5P2S. The second-order valence-electron chi connectivity index (χ2n) is 0.537. The maximum Gasteiger partial charge on any atom is 0.324 e. The molecule has 0 atom stereocenters. The SMILES string of the molecule is OP(O)O.OP(O)S. The van der Waals surface area contributed by atoms with E-state index in [9.17, 15) is 0 Å². The Morgan fingerprint density at radius 2 is 0.875 bits per heavy atom. The van der Waals surface area contributed by atoms with E-state index in [-0.39, 0.29) is 0 Å². The van der Waals surface area contributed by atoms with Gasteiger partial charge in [-0.25, -0.2) is 0 Å². The van der Waals surface area contributed by atoms with Gasteiger partial charge in [-0.3, -0.25) is 0 Å². The van der Waals surface area contributed by atoms with Crippen LogP contribution in [0.4, 0.5) is 0 Å². The van der Waals surface area contributed by atoms with Crippen molar-refractivity contribution in [1.29, 1.82) is 0 Å². The van der Waals surface area contributed by atoms with E-state index in [1.807, 2.05) is 0 Å². The zero-order chi connectivity index (χ0) is 7.15. The van der Waals surface area contributed by atoms with Gasteiger partial charge in [-0.15, -0.1) is 0 Å². The van der Waals surface area contributed by atoms with Gasteiger partial charge in [-0.1, -0.05) is 12.2 Å². The molecular weight excluding hydrogens is 174 g/mol. The second-order valence-corrected chi connectivity index (χ2v) is 2.68. The fourth-order valence-corrected chi connectivity index (χ4v) is 0. The Morgan fingerprint density at radius 1 is 0.875 bits per heavy atom. The van der Waals surface area contributed by atoms with Crippen LogP contribution in [0.25, 0.3) is 0 Å². The van der Waals surface area contributed by atoms with Gasteiger partial charge < -0.3 is 24.5 Å². The smallest absolute Gasteiger partial charge is 0.324 e. The highest BCUT2D eigenvalue weighted by atomic mass is 32.7. The summed E-state index contributed by atoms with van der Waals surface area (Å²) in [6, 6.07) is 0. The first-order chi connectivity index (χ1) is 3.46. The lowest BCUT2D eigenvalue weighted by Crippen LogP contribution is -1.54. The van der Waals surface area contributed by atoms with E-state index in [0.29, 0.717) is 0 Å². The van der Waals surface area contributed by atoms with Gasteiger partial charge in [-0.05, 0) is 0 Å². The predicted octanol–water partition coefficient (Wildman–Crippen LogP) is -0.682. The Balaban J connectivity index is 0. The zero-order valence-corrected chi connectivity index (χ0v) is 6.26. The first kappa shape index (κ1) is 11.8. The van der Waals surface area contributed by atoms with Gasteiger partial charge in [-0.2, -0.15) is 0 Å². The van der Waals surface area contributed by atoms with Crippen LogP contribution >= 0.6 is 28.4 Å². The third-order valence-electron chi connectivity index (χ3n) is 0.